The number of aryl methyl sites for hydroxylation is 3. The number of carbonyl (C=O) groups is 1. The van der Waals surface area contributed by atoms with Gasteiger partial charge in [0.15, 0.2) is 0 Å². The summed E-state index contributed by atoms with van der Waals surface area (Å²) >= 11 is 3.10. The van der Waals surface area contributed by atoms with E-state index in [4.69, 9.17) is 4.52 Å². The van der Waals surface area contributed by atoms with Crippen LogP contribution in [0.4, 0.5) is 10.1 Å². The third-order valence-electron chi connectivity index (χ3n) is 2.78. The molecule has 0 aliphatic rings. The lowest BCUT2D eigenvalue weighted by Crippen LogP contribution is -2.14. The lowest BCUT2D eigenvalue weighted by molar-refractivity contribution is 0.102. The van der Waals surface area contributed by atoms with E-state index in [-0.39, 0.29) is 5.91 Å². The molecule has 0 spiro atoms. The molecule has 0 radical (unpaired) electrons. The van der Waals surface area contributed by atoms with Gasteiger partial charge in [-0.05, 0) is 54.4 Å². The number of hydrogen-bond acceptors (Lipinski definition) is 3. The first-order valence-electron chi connectivity index (χ1n) is 5.60. The third kappa shape index (κ3) is 2.68. The second-order valence-corrected chi connectivity index (χ2v) is 5.09. The summed E-state index contributed by atoms with van der Waals surface area (Å²) in [5.74, 6) is -0.356. The van der Waals surface area contributed by atoms with Crippen LogP contribution in [0.15, 0.2) is 21.1 Å². The Balaban J connectivity index is 2.32. The zero-order valence-corrected chi connectivity index (χ0v) is 12.3. The number of carbonyl (C=O) groups excluding carboxylic acids is 1. The number of rotatable bonds is 2. The Morgan fingerprint density at radius 3 is 2.63 bits per heavy atom. The van der Waals surface area contributed by atoms with Gasteiger partial charge in [-0.3, -0.25) is 4.79 Å². The number of anilines is 1. The van der Waals surface area contributed by atoms with Gasteiger partial charge in [-0.15, -0.1) is 0 Å². The molecule has 100 valence electrons. The maximum atomic E-state index is 13.5. The highest BCUT2D eigenvalue weighted by atomic mass is 79.9. The van der Waals surface area contributed by atoms with Crippen molar-refractivity contribution in [2.45, 2.75) is 20.8 Å². The van der Waals surface area contributed by atoms with Crippen LogP contribution in [-0.2, 0) is 0 Å². The first kappa shape index (κ1) is 13.7. The molecule has 2 rings (SSSR count). The number of nitrogens with one attached hydrogen (secondary N) is 1. The smallest absolute Gasteiger partial charge is 0.261 e. The highest BCUT2D eigenvalue weighted by Gasteiger charge is 2.18. The van der Waals surface area contributed by atoms with Crippen molar-refractivity contribution in [3.63, 3.8) is 0 Å². The lowest BCUT2D eigenvalue weighted by Gasteiger charge is -2.09. The molecule has 4 nitrogen and oxygen atoms in total. The Labute approximate surface area is 118 Å². The predicted molar refractivity (Wildman–Crippen MR) is 72.8 cm³/mol. The zero-order chi connectivity index (χ0) is 14.2. The van der Waals surface area contributed by atoms with E-state index in [1.807, 2.05) is 0 Å². The molecule has 2 aromatic rings. The lowest BCUT2D eigenvalue weighted by atomic mass is 10.1. The SMILES string of the molecule is Cc1cc(Br)c(F)cc1NC(=O)c1c(C)noc1C. The summed E-state index contributed by atoms with van der Waals surface area (Å²) in [5, 5.41) is 6.38. The molecule has 0 saturated carbocycles. The molecule has 1 N–H and O–H groups in total. The van der Waals surface area contributed by atoms with Gasteiger partial charge >= 0.3 is 0 Å². The molecule has 0 atom stereocenters. The second-order valence-electron chi connectivity index (χ2n) is 4.23. The molecular weight excluding hydrogens is 315 g/mol. The summed E-state index contributed by atoms with van der Waals surface area (Å²) in [6, 6.07) is 2.88. The maximum Gasteiger partial charge on any atom is 0.261 e. The van der Waals surface area contributed by atoms with Gasteiger partial charge in [0.1, 0.15) is 17.1 Å². The normalized spacial score (nSPS) is 10.6. The maximum absolute atomic E-state index is 13.5. The summed E-state index contributed by atoms with van der Waals surface area (Å²) in [5.41, 5.74) is 2.06. The van der Waals surface area contributed by atoms with Crippen molar-refractivity contribution in [2.24, 2.45) is 0 Å². The molecule has 1 heterocycles. The molecule has 0 unspecified atom stereocenters. The van der Waals surface area contributed by atoms with E-state index in [0.29, 0.717) is 27.2 Å². The van der Waals surface area contributed by atoms with Crippen LogP contribution < -0.4 is 5.32 Å². The minimum atomic E-state index is -0.431. The largest absolute Gasteiger partial charge is 0.361 e. The molecule has 0 aliphatic heterocycles. The fourth-order valence-electron chi connectivity index (χ4n) is 1.77. The fraction of sp³-hybridized carbons (Fsp3) is 0.231. The van der Waals surface area contributed by atoms with E-state index in [2.05, 4.69) is 26.4 Å². The summed E-state index contributed by atoms with van der Waals surface area (Å²) in [6.07, 6.45) is 0. The summed E-state index contributed by atoms with van der Waals surface area (Å²) < 4.78 is 18.8. The van der Waals surface area contributed by atoms with Gasteiger partial charge in [0, 0.05) is 5.69 Å². The van der Waals surface area contributed by atoms with E-state index in [1.54, 1.807) is 26.8 Å². The Kier molecular flexibility index (Phi) is 3.71. The van der Waals surface area contributed by atoms with Crippen LogP contribution in [0.5, 0.6) is 0 Å². The summed E-state index contributed by atoms with van der Waals surface area (Å²) in [6.45, 7) is 5.12. The van der Waals surface area contributed by atoms with Crippen LogP contribution in [0.25, 0.3) is 0 Å². The average molecular weight is 327 g/mol. The second kappa shape index (κ2) is 5.13. The van der Waals surface area contributed by atoms with E-state index in [1.165, 1.54) is 6.07 Å². The highest BCUT2D eigenvalue weighted by Crippen LogP contribution is 2.25. The Bertz CT molecular complexity index is 633. The van der Waals surface area contributed by atoms with Crippen LogP contribution >= 0.6 is 15.9 Å². The summed E-state index contributed by atoms with van der Waals surface area (Å²) in [4.78, 5) is 12.1. The minimum absolute atomic E-state index is 0.360. The third-order valence-corrected chi connectivity index (χ3v) is 3.38. The van der Waals surface area contributed by atoms with Gasteiger partial charge < -0.3 is 9.84 Å². The van der Waals surface area contributed by atoms with Crippen LogP contribution in [0.1, 0.15) is 27.4 Å². The molecule has 1 aromatic carbocycles. The molecule has 6 heteroatoms. The van der Waals surface area contributed by atoms with Gasteiger partial charge in [0.2, 0.25) is 0 Å². The van der Waals surface area contributed by atoms with Crippen molar-refractivity contribution in [1.82, 2.24) is 5.16 Å². The Hall–Kier alpha value is -1.69. The van der Waals surface area contributed by atoms with E-state index in [9.17, 15) is 9.18 Å². The van der Waals surface area contributed by atoms with E-state index in [0.717, 1.165) is 5.56 Å². The van der Waals surface area contributed by atoms with Crippen molar-refractivity contribution >= 4 is 27.5 Å². The Morgan fingerprint density at radius 2 is 2.05 bits per heavy atom. The molecule has 1 amide bonds. The first-order valence-corrected chi connectivity index (χ1v) is 6.39. The van der Waals surface area contributed by atoms with Crippen molar-refractivity contribution in [2.75, 3.05) is 5.32 Å². The minimum Gasteiger partial charge on any atom is -0.361 e. The number of nitrogens with zero attached hydrogens (tertiary/aromatic N) is 1. The number of amides is 1. The number of aromatic nitrogens is 1. The van der Waals surface area contributed by atoms with Gasteiger partial charge in [-0.2, -0.15) is 0 Å². The molecule has 0 aliphatic carbocycles. The quantitative estimate of drug-likeness (QED) is 0.914. The van der Waals surface area contributed by atoms with Gasteiger partial charge in [0.25, 0.3) is 5.91 Å². The van der Waals surface area contributed by atoms with Crippen LogP contribution in [-0.4, -0.2) is 11.1 Å². The fourth-order valence-corrected chi connectivity index (χ4v) is 2.23. The molecule has 0 bridgehead atoms. The van der Waals surface area contributed by atoms with Gasteiger partial charge in [-0.1, -0.05) is 5.16 Å². The van der Waals surface area contributed by atoms with E-state index < -0.39 is 5.82 Å². The van der Waals surface area contributed by atoms with E-state index >= 15 is 0 Å². The summed E-state index contributed by atoms with van der Waals surface area (Å²) in [7, 11) is 0. The van der Waals surface area contributed by atoms with Crippen LogP contribution in [0.3, 0.4) is 0 Å². The monoisotopic (exact) mass is 326 g/mol. The number of halogens is 2. The average Bonchev–Trinajstić information content (AvgIpc) is 2.66. The highest BCUT2D eigenvalue weighted by molar-refractivity contribution is 9.10. The van der Waals surface area contributed by atoms with Crippen molar-refractivity contribution in [3.05, 3.63) is 45.0 Å². The topological polar surface area (TPSA) is 55.1 Å². The zero-order valence-electron chi connectivity index (χ0n) is 10.7. The van der Waals surface area contributed by atoms with Crippen molar-refractivity contribution in [3.8, 4) is 0 Å². The molecule has 19 heavy (non-hydrogen) atoms. The van der Waals surface area contributed by atoms with Crippen LogP contribution in [0, 0.1) is 26.6 Å². The van der Waals surface area contributed by atoms with Gasteiger partial charge in [0.05, 0.1) is 10.2 Å². The van der Waals surface area contributed by atoms with Gasteiger partial charge in [-0.25, -0.2) is 4.39 Å². The standard InChI is InChI=1S/C13H12BrFN2O2/c1-6-4-9(14)10(15)5-11(6)16-13(18)12-7(2)17-19-8(12)3/h4-5H,1-3H3,(H,16,18). The first-order chi connectivity index (χ1) is 8.90. The van der Waals surface area contributed by atoms with Crippen molar-refractivity contribution < 1.29 is 13.7 Å². The molecular formula is C13H12BrFN2O2. The predicted octanol–water partition coefficient (Wildman–Crippen LogP) is 3.75. The van der Waals surface area contributed by atoms with Crippen molar-refractivity contribution in [1.29, 1.82) is 0 Å². The molecule has 0 fully saturated rings. The number of hydrogen-bond donors (Lipinski definition) is 1. The van der Waals surface area contributed by atoms with Crippen LogP contribution in [0.2, 0.25) is 0 Å². The molecule has 1 aromatic heterocycles. The Morgan fingerprint density at radius 1 is 1.37 bits per heavy atom. The molecule has 0 saturated heterocycles. The number of benzene rings is 1.